The number of nitrogens with zero attached hydrogens (tertiary/aromatic N) is 1. The lowest BCUT2D eigenvalue weighted by atomic mass is 10.0. The number of hydrogen-bond donors (Lipinski definition) is 1. The molecule has 1 N–H and O–H groups in total. The summed E-state index contributed by atoms with van der Waals surface area (Å²) < 4.78 is 5.43. The van der Waals surface area contributed by atoms with Crippen molar-refractivity contribution in [2.24, 2.45) is 0 Å². The highest BCUT2D eigenvalue weighted by Gasteiger charge is 2.19. The van der Waals surface area contributed by atoms with E-state index in [-0.39, 0.29) is 6.10 Å². The Bertz CT molecular complexity index is 251. The maximum Gasteiger partial charge on any atom is 0.107 e. The second-order valence-corrected chi connectivity index (χ2v) is 3.13. The van der Waals surface area contributed by atoms with E-state index in [2.05, 4.69) is 4.98 Å². The Hall–Kier alpha value is -0.930. The summed E-state index contributed by atoms with van der Waals surface area (Å²) in [4.78, 5) is 3.97. The molecule has 0 radical (unpaired) electrons. The molecular weight excluding hydrogens is 178 g/mol. The molecule has 1 rings (SSSR count). The van der Waals surface area contributed by atoms with Crippen LogP contribution in [-0.2, 0) is 4.74 Å². The third kappa shape index (κ3) is 2.79. The number of aliphatic hydroxyl groups is 1. The Morgan fingerprint density at radius 1 is 1.50 bits per heavy atom. The molecule has 2 unspecified atom stereocenters. The van der Waals surface area contributed by atoms with E-state index in [9.17, 15) is 5.11 Å². The molecule has 78 valence electrons. The molecular formula is C11H17NO2. The molecule has 0 bridgehead atoms. The predicted octanol–water partition coefficient (Wildman–Crippen LogP) is 1.93. The van der Waals surface area contributed by atoms with Crippen molar-refractivity contribution in [1.82, 2.24) is 4.98 Å². The van der Waals surface area contributed by atoms with E-state index >= 15 is 0 Å². The molecule has 1 heterocycles. The van der Waals surface area contributed by atoms with Gasteiger partial charge < -0.3 is 9.84 Å². The highest BCUT2D eigenvalue weighted by atomic mass is 16.5. The van der Waals surface area contributed by atoms with Crippen LogP contribution in [0.1, 0.15) is 31.9 Å². The highest BCUT2D eigenvalue weighted by molar-refractivity contribution is 5.13. The van der Waals surface area contributed by atoms with Crippen LogP contribution in [0.5, 0.6) is 0 Å². The summed E-state index contributed by atoms with van der Waals surface area (Å²) in [5.41, 5.74) is 0.813. The van der Waals surface area contributed by atoms with Crippen LogP contribution in [0.2, 0.25) is 0 Å². The lowest BCUT2D eigenvalue weighted by Crippen LogP contribution is -2.21. The first-order valence-corrected chi connectivity index (χ1v) is 4.99. The van der Waals surface area contributed by atoms with Crippen molar-refractivity contribution in [2.75, 3.05) is 6.61 Å². The molecule has 1 aromatic rings. The molecule has 14 heavy (non-hydrogen) atoms. The van der Waals surface area contributed by atoms with E-state index in [4.69, 9.17) is 4.74 Å². The minimum Gasteiger partial charge on any atom is -0.386 e. The maximum atomic E-state index is 9.95. The normalized spacial score (nSPS) is 15.1. The Kier molecular flexibility index (Phi) is 4.56. The number of pyridine rings is 1. The minimum atomic E-state index is -0.575. The van der Waals surface area contributed by atoms with Gasteiger partial charge in [0.15, 0.2) is 0 Å². The standard InChI is InChI=1S/C11H17NO2/c1-3-10(14-4-2)11(13)9-6-5-7-12-8-9/h5-8,10-11,13H,3-4H2,1-2H3. The Labute approximate surface area is 84.7 Å². The number of hydrogen-bond acceptors (Lipinski definition) is 3. The van der Waals surface area contributed by atoms with Gasteiger partial charge in [-0.25, -0.2) is 0 Å². The average molecular weight is 195 g/mol. The van der Waals surface area contributed by atoms with Crippen molar-refractivity contribution >= 4 is 0 Å². The van der Waals surface area contributed by atoms with Gasteiger partial charge in [-0.05, 0) is 19.4 Å². The van der Waals surface area contributed by atoms with Crippen LogP contribution in [0, 0.1) is 0 Å². The van der Waals surface area contributed by atoms with Gasteiger partial charge >= 0.3 is 0 Å². The Balaban J connectivity index is 2.67. The van der Waals surface area contributed by atoms with Gasteiger partial charge in [0.05, 0.1) is 6.10 Å². The number of ether oxygens (including phenoxy) is 1. The van der Waals surface area contributed by atoms with Crippen LogP contribution in [-0.4, -0.2) is 22.8 Å². The fourth-order valence-electron chi connectivity index (χ4n) is 1.41. The zero-order valence-electron chi connectivity index (χ0n) is 8.68. The first-order valence-electron chi connectivity index (χ1n) is 4.99. The van der Waals surface area contributed by atoms with Gasteiger partial charge in [-0.2, -0.15) is 0 Å². The third-order valence-corrected chi connectivity index (χ3v) is 2.16. The molecule has 0 saturated heterocycles. The van der Waals surface area contributed by atoms with E-state index in [1.165, 1.54) is 0 Å². The summed E-state index contributed by atoms with van der Waals surface area (Å²) in [6, 6.07) is 3.68. The van der Waals surface area contributed by atoms with Gasteiger partial charge in [-0.15, -0.1) is 0 Å². The zero-order chi connectivity index (χ0) is 10.4. The minimum absolute atomic E-state index is 0.135. The summed E-state index contributed by atoms with van der Waals surface area (Å²) in [7, 11) is 0. The first kappa shape index (κ1) is 11.1. The summed E-state index contributed by atoms with van der Waals surface area (Å²) >= 11 is 0. The zero-order valence-corrected chi connectivity index (χ0v) is 8.68. The highest BCUT2D eigenvalue weighted by Crippen LogP contribution is 2.20. The third-order valence-electron chi connectivity index (χ3n) is 2.16. The molecule has 0 aliphatic heterocycles. The van der Waals surface area contributed by atoms with E-state index in [0.29, 0.717) is 6.61 Å². The molecule has 0 aliphatic carbocycles. The fraction of sp³-hybridized carbons (Fsp3) is 0.545. The first-order chi connectivity index (χ1) is 6.79. The molecule has 0 amide bonds. The van der Waals surface area contributed by atoms with E-state index in [0.717, 1.165) is 12.0 Å². The lowest BCUT2D eigenvalue weighted by Gasteiger charge is -2.21. The summed E-state index contributed by atoms with van der Waals surface area (Å²) in [5.74, 6) is 0. The summed E-state index contributed by atoms with van der Waals surface area (Å²) in [6.07, 6.45) is 3.45. The monoisotopic (exact) mass is 195 g/mol. The second-order valence-electron chi connectivity index (χ2n) is 3.13. The SMILES string of the molecule is CCOC(CC)C(O)c1cccnc1. The van der Waals surface area contributed by atoms with Crippen LogP contribution in [0.25, 0.3) is 0 Å². The van der Waals surface area contributed by atoms with Crippen molar-refractivity contribution in [3.05, 3.63) is 30.1 Å². The number of aliphatic hydroxyl groups excluding tert-OH is 1. The van der Waals surface area contributed by atoms with Crippen LogP contribution < -0.4 is 0 Å². The molecule has 2 atom stereocenters. The van der Waals surface area contributed by atoms with Crippen molar-refractivity contribution in [2.45, 2.75) is 32.5 Å². The van der Waals surface area contributed by atoms with Crippen molar-refractivity contribution < 1.29 is 9.84 Å². The molecule has 0 spiro atoms. The molecule has 3 heteroatoms. The maximum absolute atomic E-state index is 9.95. The van der Waals surface area contributed by atoms with Gasteiger partial charge in [0.1, 0.15) is 6.10 Å². The molecule has 0 aromatic carbocycles. The molecule has 0 fully saturated rings. The molecule has 0 aliphatic rings. The predicted molar refractivity (Wildman–Crippen MR) is 54.9 cm³/mol. The quantitative estimate of drug-likeness (QED) is 0.780. The van der Waals surface area contributed by atoms with Gasteiger partial charge in [-0.3, -0.25) is 4.98 Å². The lowest BCUT2D eigenvalue weighted by molar-refractivity contribution is -0.0357. The fourth-order valence-corrected chi connectivity index (χ4v) is 1.41. The molecule has 3 nitrogen and oxygen atoms in total. The number of aromatic nitrogens is 1. The van der Waals surface area contributed by atoms with Gasteiger partial charge in [-0.1, -0.05) is 13.0 Å². The van der Waals surface area contributed by atoms with E-state index in [1.807, 2.05) is 26.0 Å². The van der Waals surface area contributed by atoms with Crippen molar-refractivity contribution in [1.29, 1.82) is 0 Å². The van der Waals surface area contributed by atoms with Crippen molar-refractivity contribution in [3.8, 4) is 0 Å². The Morgan fingerprint density at radius 3 is 2.79 bits per heavy atom. The summed E-state index contributed by atoms with van der Waals surface area (Å²) in [6.45, 7) is 4.55. The number of rotatable bonds is 5. The van der Waals surface area contributed by atoms with Crippen molar-refractivity contribution in [3.63, 3.8) is 0 Å². The Morgan fingerprint density at radius 2 is 2.29 bits per heavy atom. The average Bonchev–Trinajstić information content (AvgIpc) is 2.26. The van der Waals surface area contributed by atoms with Crippen LogP contribution in [0.15, 0.2) is 24.5 Å². The summed E-state index contributed by atoms with van der Waals surface area (Å²) in [5, 5.41) is 9.95. The second kappa shape index (κ2) is 5.73. The molecule has 0 saturated carbocycles. The largest absolute Gasteiger partial charge is 0.386 e. The van der Waals surface area contributed by atoms with Gasteiger partial charge in [0, 0.05) is 24.6 Å². The molecule has 1 aromatic heterocycles. The van der Waals surface area contributed by atoms with Gasteiger partial charge in [0.25, 0.3) is 0 Å². The smallest absolute Gasteiger partial charge is 0.107 e. The van der Waals surface area contributed by atoms with E-state index < -0.39 is 6.10 Å². The van der Waals surface area contributed by atoms with Crippen LogP contribution in [0.4, 0.5) is 0 Å². The van der Waals surface area contributed by atoms with Crippen LogP contribution in [0.3, 0.4) is 0 Å². The van der Waals surface area contributed by atoms with Gasteiger partial charge in [0.2, 0.25) is 0 Å². The topological polar surface area (TPSA) is 42.4 Å². The van der Waals surface area contributed by atoms with E-state index in [1.54, 1.807) is 12.4 Å². The van der Waals surface area contributed by atoms with Crippen LogP contribution >= 0.6 is 0 Å².